The first-order chi connectivity index (χ1) is 10.7. The summed E-state index contributed by atoms with van der Waals surface area (Å²) in [6.07, 6.45) is 5.00. The Morgan fingerprint density at radius 2 is 1.91 bits per heavy atom. The number of fused-ring (bicyclic) bond motifs is 1. The number of Topliss-reactive ketones (excluding diaryl/α,β-unsaturated/α-hetero) is 2. The minimum atomic E-state index is -0.619. The Morgan fingerprint density at radius 1 is 1.26 bits per heavy atom. The second kappa shape index (κ2) is 6.70. The third-order valence-corrected chi connectivity index (χ3v) is 5.84. The standard InChI is InChI=1S/C20H30O3/c1-12(2)8-16(21)10-14(4)19-17(22)11-15-7-6-13(3)9-18(23)20(15,19)5/h9,12,14-15,19H,6-8,10-11H2,1-5H3. The summed E-state index contributed by atoms with van der Waals surface area (Å²) in [7, 11) is 0. The number of ketones is 3. The molecule has 4 unspecified atom stereocenters. The first kappa shape index (κ1) is 18.1. The van der Waals surface area contributed by atoms with Gasteiger partial charge in [-0.15, -0.1) is 0 Å². The topological polar surface area (TPSA) is 51.2 Å². The molecular formula is C20H30O3. The molecule has 0 N–H and O–H groups in total. The minimum absolute atomic E-state index is 0.0560. The lowest BCUT2D eigenvalue weighted by molar-refractivity contribution is -0.135. The van der Waals surface area contributed by atoms with Crippen molar-refractivity contribution >= 4 is 17.3 Å². The molecule has 0 amide bonds. The van der Waals surface area contributed by atoms with Crippen molar-refractivity contribution < 1.29 is 14.4 Å². The van der Waals surface area contributed by atoms with Crippen LogP contribution in [0.25, 0.3) is 0 Å². The van der Waals surface area contributed by atoms with E-state index >= 15 is 0 Å². The van der Waals surface area contributed by atoms with E-state index in [9.17, 15) is 14.4 Å². The fourth-order valence-corrected chi connectivity index (χ4v) is 4.70. The van der Waals surface area contributed by atoms with Gasteiger partial charge in [0.05, 0.1) is 0 Å². The zero-order chi connectivity index (χ0) is 17.4. The Labute approximate surface area is 139 Å². The van der Waals surface area contributed by atoms with Crippen molar-refractivity contribution in [3.8, 4) is 0 Å². The molecule has 0 aromatic carbocycles. The second-order valence-corrected chi connectivity index (χ2v) is 8.34. The van der Waals surface area contributed by atoms with E-state index in [0.717, 1.165) is 18.4 Å². The molecular weight excluding hydrogens is 288 g/mol. The lowest BCUT2D eigenvalue weighted by Gasteiger charge is -2.35. The molecule has 0 heterocycles. The van der Waals surface area contributed by atoms with Gasteiger partial charge >= 0.3 is 0 Å². The largest absolute Gasteiger partial charge is 0.300 e. The van der Waals surface area contributed by atoms with Gasteiger partial charge in [-0.05, 0) is 43.6 Å². The van der Waals surface area contributed by atoms with E-state index in [4.69, 9.17) is 0 Å². The number of hydrogen-bond acceptors (Lipinski definition) is 3. The van der Waals surface area contributed by atoms with Crippen LogP contribution in [0, 0.1) is 29.1 Å². The number of carbonyl (C=O) groups is 3. The van der Waals surface area contributed by atoms with E-state index in [0.29, 0.717) is 25.2 Å². The highest BCUT2D eigenvalue weighted by atomic mass is 16.1. The van der Waals surface area contributed by atoms with Crippen molar-refractivity contribution in [3.63, 3.8) is 0 Å². The zero-order valence-electron chi connectivity index (χ0n) is 15.1. The first-order valence-electron chi connectivity index (χ1n) is 8.92. The number of hydrogen-bond donors (Lipinski definition) is 0. The molecule has 0 aromatic heterocycles. The average Bonchev–Trinajstić information content (AvgIpc) is 2.61. The van der Waals surface area contributed by atoms with Crippen LogP contribution in [-0.4, -0.2) is 17.3 Å². The van der Waals surface area contributed by atoms with Crippen LogP contribution in [-0.2, 0) is 14.4 Å². The summed E-state index contributed by atoms with van der Waals surface area (Å²) in [5.74, 6) is 0.587. The molecule has 3 nitrogen and oxygen atoms in total. The van der Waals surface area contributed by atoms with Crippen LogP contribution in [0.15, 0.2) is 11.6 Å². The quantitative estimate of drug-likeness (QED) is 0.765. The zero-order valence-corrected chi connectivity index (χ0v) is 15.1. The molecule has 0 bridgehead atoms. The molecule has 0 radical (unpaired) electrons. The first-order valence-corrected chi connectivity index (χ1v) is 8.92. The number of allylic oxidation sites excluding steroid dienone is 2. The maximum atomic E-state index is 12.8. The van der Waals surface area contributed by atoms with Gasteiger partial charge in [0.15, 0.2) is 5.78 Å². The van der Waals surface area contributed by atoms with Crippen LogP contribution in [0.4, 0.5) is 0 Å². The second-order valence-electron chi connectivity index (χ2n) is 8.34. The van der Waals surface area contributed by atoms with Gasteiger partial charge in [-0.3, -0.25) is 14.4 Å². The summed E-state index contributed by atoms with van der Waals surface area (Å²) in [6.45, 7) is 10.00. The van der Waals surface area contributed by atoms with E-state index < -0.39 is 5.41 Å². The molecule has 2 aliphatic carbocycles. The summed E-state index contributed by atoms with van der Waals surface area (Å²) in [5.41, 5.74) is 0.493. The van der Waals surface area contributed by atoms with Crippen LogP contribution in [0.1, 0.15) is 66.7 Å². The molecule has 0 aromatic rings. The lowest BCUT2D eigenvalue weighted by Crippen LogP contribution is -2.41. The van der Waals surface area contributed by atoms with Crippen molar-refractivity contribution in [1.82, 2.24) is 0 Å². The van der Waals surface area contributed by atoms with E-state index in [-0.39, 0.29) is 35.1 Å². The summed E-state index contributed by atoms with van der Waals surface area (Å²) < 4.78 is 0. The molecule has 2 aliphatic rings. The Hall–Kier alpha value is -1.25. The molecule has 0 saturated heterocycles. The third-order valence-electron chi connectivity index (χ3n) is 5.84. The molecule has 23 heavy (non-hydrogen) atoms. The van der Waals surface area contributed by atoms with E-state index in [1.165, 1.54) is 0 Å². The van der Waals surface area contributed by atoms with Crippen LogP contribution in [0.3, 0.4) is 0 Å². The summed E-state index contributed by atoms with van der Waals surface area (Å²) in [5, 5.41) is 0. The van der Waals surface area contributed by atoms with Crippen molar-refractivity contribution in [3.05, 3.63) is 11.6 Å². The molecule has 1 saturated carbocycles. The van der Waals surface area contributed by atoms with Crippen LogP contribution in [0.5, 0.6) is 0 Å². The Balaban J connectivity index is 2.24. The average molecular weight is 318 g/mol. The lowest BCUT2D eigenvalue weighted by atomic mass is 9.65. The van der Waals surface area contributed by atoms with E-state index in [2.05, 4.69) is 0 Å². The molecule has 4 atom stereocenters. The van der Waals surface area contributed by atoms with Crippen molar-refractivity contribution in [2.45, 2.75) is 66.7 Å². The van der Waals surface area contributed by atoms with Crippen LogP contribution < -0.4 is 0 Å². The molecule has 0 spiro atoms. The van der Waals surface area contributed by atoms with Gasteiger partial charge in [0.2, 0.25) is 0 Å². The smallest absolute Gasteiger partial charge is 0.162 e. The Morgan fingerprint density at radius 3 is 2.52 bits per heavy atom. The van der Waals surface area contributed by atoms with E-state index in [1.807, 2.05) is 34.6 Å². The monoisotopic (exact) mass is 318 g/mol. The minimum Gasteiger partial charge on any atom is -0.300 e. The van der Waals surface area contributed by atoms with Crippen molar-refractivity contribution in [1.29, 1.82) is 0 Å². The highest BCUT2D eigenvalue weighted by Gasteiger charge is 2.57. The fraction of sp³-hybridized carbons (Fsp3) is 0.750. The maximum Gasteiger partial charge on any atom is 0.162 e. The van der Waals surface area contributed by atoms with E-state index in [1.54, 1.807) is 6.08 Å². The van der Waals surface area contributed by atoms with Crippen LogP contribution in [0.2, 0.25) is 0 Å². The SMILES string of the molecule is CC1=CC(=O)C2(C)C(CC1)CC(=O)C2C(C)CC(=O)CC(C)C. The van der Waals surface area contributed by atoms with Gasteiger partial charge in [0.1, 0.15) is 11.6 Å². The Bertz CT molecular complexity index is 543. The Kier molecular flexibility index (Phi) is 5.27. The predicted molar refractivity (Wildman–Crippen MR) is 91.0 cm³/mol. The maximum absolute atomic E-state index is 12.8. The molecule has 2 rings (SSSR count). The number of rotatable bonds is 5. The van der Waals surface area contributed by atoms with Crippen molar-refractivity contribution in [2.24, 2.45) is 29.1 Å². The highest BCUT2D eigenvalue weighted by Crippen LogP contribution is 2.53. The van der Waals surface area contributed by atoms with Gasteiger partial charge in [0.25, 0.3) is 0 Å². The highest BCUT2D eigenvalue weighted by molar-refractivity contribution is 6.02. The van der Waals surface area contributed by atoms with Gasteiger partial charge < -0.3 is 0 Å². The molecule has 0 aliphatic heterocycles. The summed E-state index contributed by atoms with van der Waals surface area (Å²) in [6, 6.07) is 0. The van der Waals surface area contributed by atoms with Gasteiger partial charge in [-0.25, -0.2) is 0 Å². The van der Waals surface area contributed by atoms with Gasteiger partial charge in [-0.1, -0.05) is 33.3 Å². The normalized spacial score (nSPS) is 32.5. The summed E-state index contributed by atoms with van der Waals surface area (Å²) in [4.78, 5) is 37.7. The fourth-order valence-electron chi connectivity index (χ4n) is 4.70. The third kappa shape index (κ3) is 3.49. The predicted octanol–water partition coefficient (Wildman–Crippen LogP) is 4.15. The van der Waals surface area contributed by atoms with Gasteiger partial charge in [-0.2, -0.15) is 0 Å². The number of carbonyl (C=O) groups excluding carboxylic acids is 3. The summed E-state index contributed by atoms with van der Waals surface area (Å²) >= 11 is 0. The van der Waals surface area contributed by atoms with Crippen molar-refractivity contribution in [2.75, 3.05) is 0 Å². The molecule has 3 heteroatoms. The molecule has 1 fully saturated rings. The van der Waals surface area contributed by atoms with Crippen LogP contribution >= 0.6 is 0 Å². The molecule has 128 valence electrons. The van der Waals surface area contributed by atoms with Gasteiger partial charge in [0, 0.05) is 30.6 Å².